The molecule has 0 aliphatic heterocycles. The van der Waals surface area contributed by atoms with Gasteiger partial charge >= 0.3 is 0 Å². The molecule has 17 heavy (non-hydrogen) atoms. The Morgan fingerprint density at radius 3 is 2.76 bits per heavy atom. The number of nitrogens with zero attached hydrogens (tertiary/aromatic N) is 1. The van der Waals surface area contributed by atoms with Gasteiger partial charge in [-0.05, 0) is 18.3 Å². The zero-order valence-electron chi connectivity index (χ0n) is 10.8. The van der Waals surface area contributed by atoms with Crippen molar-refractivity contribution >= 4 is 0 Å². The van der Waals surface area contributed by atoms with Crippen molar-refractivity contribution in [3.63, 3.8) is 0 Å². The molecule has 94 valence electrons. The summed E-state index contributed by atoms with van der Waals surface area (Å²) in [6, 6.07) is 2.23. The maximum absolute atomic E-state index is 11.5. The van der Waals surface area contributed by atoms with Crippen LogP contribution in [-0.2, 0) is 13.0 Å². The van der Waals surface area contributed by atoms with E-state index in [1.54, 1.807) is 6.07 Å². The monoisotopic (exact) mass is 235 g/mol. The summed E-state index contributed by atoms with van der Waals surface area (Å²) in [6.45, 7) is 7.12. The SMILES string of the molecule is CC(C)(C)Cc1nc(CNC2CC2)cc(=O)[nH]1. The molecule has 1 aromatic rings. The van der Waals surface area contributed by atoms with Crippen molar-refractivity contribution in [2.24, 2.45) is 5.41 Å². The van der Waals surface area contributed by atoms with Crippen LogP contribution in [0.5, 0.6) is 0 Å². The fourth-order valence-electron chi connectivity index (χ4n) is 1.78. The molecule has 0 atom stereocenters. The molecule has 4 nitrogen and oxygen atoms in total. The molecule has 1 aromatic heterocycles. The lowest BCUT2D eigenvalue weighted by atomic mass is 9.92. The Morgan fingerprint density at radius 2 is 2.18 bits per heavy atom. The predicted molar refractivity (Wildman–Crippen MR) is 67.9 cm³/mol. The van der Waals surface area contributed by atoms with E-state index >= 15 is 0 Å². The molecule has 0 amide bonds. The summed E-state index contributed by atoms with van der Waals surface area (Å²) in [5.41, 5.74) is 0.935. The highest BCUT2D eigenvalue weighted by atomic mass is 16.1. The first-order valence-corrected chi connectivity index (χ1v) is 6.25. The van der Waals surface area contributed by atoms with E-state index in [2.05, 4.69) is 36.1 Å². The third kappa shape index (κ3) is 4.30. The summed E-state index contributed by atoms with van der Waals surface area (Å²) in [6.07, 6.45) is 3.29. The van der Waals surface area contributed by atoms with Gasteiger partial charge in [0.05, 0.1) is 5.69 Å². The number of H-pyrrole nitrogens is 1. The Hall–Kier alpha value is -1.16. The van der Waals surface area contributed by atoms with Gasteiger partial charge in [0.2, 0.25) is 0 Å². The largest absolute Gasteiger partial charge is 0.311 e. The lowest BCUT2D eigenvalue weighted by molar-refractivity contribution is 0.399. The summed E-state index contributed by atoms with van der Waals surface area (Å²) in [5.74, 6) is 0.789. The molecule has 0 bridgehead atoms. The minimum absolute atomic E-state index is 0.0492. The van der Waals surface area contributed by atoms with Crippen LogP contribution >= 0.6 is 0 Å². The van der Waals surface area contributed by atoms with E-state index in [4.69, 9.17) is 0 Å². The molecule has 2 rings (SSSR count). The van der Waals surface area contributed by atoms with Gasteiger partial charge < -0.3 is 10.3 Å². The number of rotatable bonds is 4. The van der Waals surface area contributed by atoms with E-state index < -0.39 is 0 Å². The van der Waals surface area contributed by atoms with Gasteiger partial charge in [0.25, 0.3) is 5.56 Å². The maximum atomic E-state index is 11.5. The first-order valence-electron chi connectivity index (χ1n) is 6.25. The molecule has 2 N–H and O–H groups in total. The number of aromatic nitrogens is 2. The van der Waals surface area contributed by atoms with E-state index in [0.717, 1.165) is 17.9 Å². The maximum Gasteiger partial charge on any atom is 0.251 e. The van der Waals surface area contributed by atoms with E-state index in [0.29, 0.717) is 12.6 Å². The van der Waals surface area contributed by atoms with Crippen LogP contribution in [0.2, 0.25) is 0 Å². The van der Waals surface area contributed by atoms with Crippen molar-refractivity contribution in [3.05, 3.63) is 27.9 Å². The Morgan fingerprint density at radius 1 is 1.47 bits per heavy atom. The van der Waals surface area contributed by atoms with Crippen molar-refractivity contribution < 1.29 is 0 Å². The molecule has 1 heterocycles. The Balaban J connectivity index is 2.07. The van der Waals surface area contributed by atoms with Crippen molar-refractivity contribution in [1.82, 2.24) is 15.3 Å². The number of nitrogens with one attached hydrogen (secondary N) is 2. The fourth-order valence-corrected chi connectivity index (χ4v) is 1.78. The lowest BCUT2D eigenvalue weighted by Crippen LogP contribution is -2.22. The van der Waals surface area contributed by atoms with E-state index in [1.165, 1.54) is 12.8 Å². The van der Waals surface area contributed by atoms with Gasteiger partial charge in [-0.15, -0.1) is 0 Å². The van der Waals surface area contributed by atoms with Gasteiger partial charge in [0.1, 0.15) is 5.82 Å². The number of aromatic amines is 1. The summed E-state index contributed by atoms with van der Waals surface area (Å²) >= 11 is 0. The molecule has 1 fully saturated rings. The van der Waals surface area contributed by atoms with Crippen LogP contribution in [0, 0.1) is 5.41 Å². The molecule has 0 saturated heterocycles. The molecule has 4 heteroatoms. The van der Waals surface area contributed by atoms with E-state index in [-0.39, 0.29) is 11.0 Å². The van der Waals surface area contributed by atoms with Gasteiger partial charge in [0, 0.05) is 25.1 Å². The van der Waals surface area contributed by atoms with Crippen LogP contribution in [0.4, 0.5) is 0 Å². The Kier molecular flexibility index (Phi) is 3.33. The highest BCUT2D eigenvalue weighted by Crippen LogP contribution is 2.19. The second-order valence-corrected chi connectivity index (χ2v) is 6.08. The van der Waals surface area contributed by atoms with Crippen LogP contribution in [0.3, 0.4) is 0 Å². The fraction of sp³-hybridized carbons (Fsp3) is 0.692. The van der Waals surface area contributed by atoms with E-state index in [9.17, 15) is 4.79 Å². The van der Waals surface area contributed by atoms with Crippen LogP contribution in [0.15, 0.2) is 10.9 Å². The zero-order valence-corrected chi connectivity index (χ0v) is 10.8. The van der Waals surface area contributed by atoms with Gasteiger partial charge in [-0.3, -0.25) is 4.79 Å². The van der Waals surface area contributed by atoms with Crippen molar-refractivity contribution in [2.75, 3.05) is 0 Å². The molecule has 0 radical (unpaired) electrons. The first-order chi connectivity index (χ1) is 7.92. The number of hydrogen-bond donors (Lipinski definition) is 2. The Labute approximate surface area is 102 Å². The minimum Gasteiger partial charge on any atom is -0.311 e. The highest BCUT2D eigenvalue weighted by molar-refractivity contribution is 5.04. The second-order valence-electron chi connectivity index (χ2n) is 6.08. The van der Waals surface area contributed by atoms with Gasteiger partial charge in [-0.2, -0.15) is 0 Å². The molecule has 1 aliphatic carbocycles. The van der Waals surface area contributed by atoms with Crippen LogP contribution < -0.4 is 10.9 Å². The van der Waals surface area contributed by atoms with Gasteiger partial charge in [-0.1, -0.05) is 20.8 Å². The summed E-state index contributed by atoms with van der Waals surface area (Å²) in [4.78, 5) is 18.8. The molecule has 1 aliphatic rings. The average Bonchev–Trinajstić information content (AvgIpc) is 2.94. The van der Waals surface area contributed by atoms with Crippen LogP contribution in [0.25, 0.3) is 0 Å². The van der Waals surface area contributed by atoms with Crippen molar-refractivity contribution in [3.8, 4) is 0 Å². The van der Waals surface area contributed by atoms with Gasteiger partial charge in [0.15, 0.2) is 0 Å². The molecule has 0 unspecified atom stereocenters. The summed E-state index contributed by atoms with van der Waals surface area (Å²) in [7, 11) is 0. The molecule has 0 spiro atoms. The number of hydrogen-bond acceptors (Lipinski definition) is 3. The molecule has 1 saturated carbocycles. The third-order valence-electron chi connectivity index (χ3n) is 2.69. The molecular formula is C13H21N3O. The normalized spacial score (nSPS) is 16.2. The summed E-state index contributed by atoms with van der Waals surface area (Å²) < 4.78 is 0. The average molecular weight is 235 g/mol. The lowest BCUT2D eigenvalue weighted by Gasteiger charge is -2.17. The molecular weight excluding hydrogens is 214 g/mol. The second kappa shape index (κ2) is 4.61. The van der Waals surface area contributed by atoms with Crippen molar-refractivity contribution in [1.29, 1.82) is 0 Å². The van der Waals surface area contributed by atoms with Crippen LogP contribution in [0.1, 0.15) is 45.1 Å². The Bertz CT molecular complexity index is 441. The summed E-state index contributed by atoms with van der Waals surface area (Å²) in [5, 5.41) is 3.37. The minimum atomic E-state index is -0.0492. The highest BCUT2D eigenvalue weighted by Gasteiger charge is 2.20. The smallest absolute Gasteiger partial charge is 0.251 e. The predicted octanol–water partition coefficient (Wildman–Crippen LogP) is 1.61. The standard InChI is InChI=1S/C13H21N3O/c1-13(2,3)7-11-15-10(6-12(17)16-11)8-14-9-4-5-9/h6,9,14H,4-5,7-8H2,1-3H3,(H,15,16,17). The first kappa shape index (κ1) is 12.3. The van der Waals surface area contributed by atoms with Crippen molar-refractivity contribution in [2.45, 2.75) is 52.6 Å². The van der Waals surface area contributed by atoms with Gasteiger partial charge in [-0.25, -0.2) is 4.98 Å². The molecule has 0 aromatic carbocycles. The third-order valence-corrected chi connectivity index (χ3v) is 2.69. The van der Waals surface area contributed by atoms with E-state index in [1.807, 2.05) is 0 Å². The quantitative estimate of drug-likeness (QED) is 0.833. The van der Waals surface area contributed by atoms with Crippen LogP contribution in [-0.4, -0.2) is 16.0 Å². The zero-order chi connectivity index (χ0) is 12.5. The topological polar surface area (TPSA) is 57.8 Å².